The van der Waals surface area contributed by atoms with Crippen LogP contribution in [0.2, 0.25) is 0 Å². The molecule has 2 heterocycles. The van der Waals surface area contributed by atoms with Crippen LogP contribution >= 0.6 is 0 Å². The lowest BCUT2D eigenvalue weighted by atomic mass is 10.1. The van der Waals surface area contributed by atoms with Crippen molar-refractivity contribution in [2.45, 2.75) is 32.7 Å². The molecule has 7 nitrogen and oxygen atoms in total. The molecular weight excluding hydrogens is 356 g/mol. The first-order valence-electron chi connectivity index (χ1n) is 10.1. The predicted molar refractivity (Wildman–Crippen MR) is 110 cm³/mol. The zero-order valence-corrected chi connectivity index (χ0v) is 17.2. The number of carbonyl (C=O) groups is 2. The van der Waals surface area contributed by atoms with E-state index in [1.807, 2.05) is 35.8 Å². The van der Waals surface area contributed by atoms with Crippen LogP contribution in [0.3, 0.4) is 0 Å². The van der Waals surface area contributed by atoms with Crippen LogP contribution in [0.1, 0.15) is 24.0 Å². The molecule has 3 rings (SSSR count). The number of ether oxygens (including phenoxy) is 1. The molecule has 3 amide bonds. The van der Waals surface area contributed by atoms with Crippen LogP contribution < -0.4 is 5.32 Å². The Morgan fingerprint density at radius 1 is 1.11 bits per heavy atom. The van der Waals surface area contributed by atoms with Crippen LogP contribution in [-0.2, 0) is 9.53 Å². The van der Waals surface area contributed by atoms with Gasteiger partial charge in [0, 0.05) is 52.1 Å². The van der Waals surface area contributed by atoms with Gasteiger partial charge in [0.15, 0.2) is 0 Å². The van der Waals surface area contributed by atoms with Gasteiger partial charge in [-0.2, -0.15) is 0 Å². The van der Waals surface area contributed by atoms with Crippen molar-refractivity contribution < 1.29 is 14.3 Å². The van der Waals surface area contributed by atoms with Gasteiger partial charge in [0.1, 0.15) is 0 Å². The van der Waals surface area contributed by atoms with Gasteiger partial charge in [-0.1, -0.05) is 6.07 Å². The smallest absolute Gasteiger partial charge is 0.321 e. The highest BCUT2D eigenvalue weighted by Gasteiger charge is 2.36. The van der Waals surface area contributed by atoms with Gasteiger partial charge in [-0.3, -0.25) is 9.69 Å². The van der Waals surface area contributed by atoms with Crippen molar-refractivity contribution in [2.24, 2.45) is 0 Å². The standard InChI is InChI=1S/C21H32N4O3/c1-16-13-17(2)15-18(14-16)22-21(27)25-7-4-6-23(9-10-25)19-5-8-24(20(19)26)11-12-28-3/h13-15,19H,4-12H2,1-3H3,(H,22,27)/t19-/m0/s1. The average Bonchev–Trinajstić information content (AvgIpc) is 2.85. The van der Waals surface area contributed by atoms with E-state index in [9.17, 15) is 9.59 Å². The number of likely N-dealkylation sites (tertiary alicyclic amines) is 1. The Labute approximate surface area is 167 Å². The molecule has 28 heavy (non-hydrogen) atoms. The van der Waals surface area contributed by atoms with Crippen molar-refractivity contribution >= 4 is 17.6 Å². The minimum absolute atomic E-state index is 0.0562. The molecule has 0 bridgehead atoms. The summed E-state index contributed by atoms with van der Waals surface area (Å²) in [7, 11) is 1.66. The molecule has 0 unspecified atom stereocenters. The highest BCUT2D eigenvalue weighted by molar-refractivity contribution is 5.89. The number of hydrogen-bond donors (Lipinski definition) is 1. The Hall–Kier alpha value is -2.12. The van der Waals surface area contributed by atoms with Gasteiger partial charge < -0.3 is 19.9 Å². The maximum atomic E-state index is 12.7. The molecule has 1 N–H and O–H groups in total. The number of carbonyl (C=O) groups excluding carboxylic acids is 2. The fourth-order valence-corrected chi connectivity index (χ4v) is 4.19. The Morgan fingerprint density at radius 3 is 2.57 bits per heavy atom. The van der Waals surface area contributed by atoms with E-state index in [1.54, 1.807) is 7.11 Å². The Bertz CT molecular complexity index is 689. The lowest BCUT2D eigenvalue weighted by Crippen LogP contribution is -2.44. The van der Waals surface area contributed by atoms with E-state index in [4.69, 9.17) is 4.74 Å². The number of urea groups is 1. The molecule has 0 aliphatic carbocycles. The summed E-state index contributed by atoms with van der Waals surface area (Å²) in [6.45, 7) is 9.01. The molecular formula is C21H32N4O3. The SMILES string of the molecule is COCCN1CC[C@H](N2CCCN(C(=O)Nc3cc(C)cc(C)c3)CC2)C1=O. The van der Waals surface area contributed by atoms with E-state index >= 15 is 0 Å². The molecule has 7 heteroatoms. The zero-order chi connectivity index (χ0) is 20.1. The average molecular weight is 389 g/mol. The van der Waals surface area contributed by atoms with Crippen molar-refractivity contribution in [1.29, 1.82) is 0 Å². The molecule has 2 fully saturated rings. The minimum atomic E-state index is -0.0636. The largest absolute Gasteiger partial charge is 0.383 e. The molecule has 1 aromatic carbocycles. The molecule has 0 aromatic heterocycles. The molecule has 2 aliphatic rings. The fraction of sp³-hybridized carbons (Fsp3) is 0.619. The third kappa shape index (κ3) is 5.02. The fourth-order valence-electron chi connectivity index (χ4n) is 4.19. The van der Waals surface area contributed by atoms with Gasteiger partial charge in [-0.15, -0.1) is 0 Å². The van der Waals surface area contributed by atoms with E-state index < -0.39 is 0 Å². The van der Waals surface area contributed by atoms with E-state index in [0.29, 0.717) is 26.2 Å². The van der Waals surface area contributed by atoms with Gasteiger partial charge in [0.05, 0.1) is 12.6 Å². The number of aryl methyl sites for hydroxylation is 2. The van der Waals surface area contributed by atoms with Crippen LogP contribution in [0.4, 0.5) is 10.5 Å². The summed E-state index contributed by atoms with van der Waals surface area (Å²) in [5.41, 5.74) is 3.11. The molecule has 0 radical (unpaired) electrons. The second kappa shape index (κ2) is 9.39. The summed E-state index contributed by atoms with van der Waals surface area (Å²) < 4.78 is 5.10. The number of amides is 3. The number of anilines is 1. The van der Waals surface area contributed by atoms with Gasteiger partial charge in [0.25, 0.3) is 0 Å². The summed E-state index contributed by atoms with van der Waals surface area (Å²) in [5, 5.41) is 3.02. The highest BCUT2D eigenvalue weighted by Crippen LogP contribution is 2.20. The second-order valence-corrected chi connectivity index (χ2v) is 7.81. The first kappa shape index (κ1) is 20.6. The van der Waals surface area contributed by atoms with Crippen molar-refractivity contribution in [2.75, 3.05) is 58.3 Å². The molecule has 154 valence electrons. The van der Waals surface area contributed by atoms with Crippen LogP contribution in [0.25, 0.3) is 0 Å². The third-order valence-corrected chi connectivity index (χ3v) is 5.57. The minimum Gasteiger partial charge on any atom is -0.383 e. The van der Waals surface area contributed by atoms with Crippen LogP contribution in [0, 0.1) is 13.8 Å². The molecule has 1 aromatic rings. The van der Waals surface area contributed by atoms with Crippen molar-refractivity contribution in [3.8, 4) is 0 Å². The second-order valence-electron chi connectivity index (χ2n) is 7.81. The lowest BCUT2D eigenvalue weighted by Gasteiger charge is -2.26. The number of benzene rings is 1. The predicted octanol–water partition coefficient (Wildman–Crippen LogP) is 2.09. The van der Waals surface area contributed by atoms with Gasteiger partial charge >= 0.3 is 6.03 Å². The van der Waals surface area contributed by atoms with E-state index in [1.165, 1.54) is 0 Å². The monoisotopic (exact) mass is 388 g/mol. The lowest BCUT2D eigenvalue weighted by molar-refractivity contribution is -0.132. The topological polar surface area (TPSA) is 65.1 Å². The summed E-state index contributed by atoms with van der Waals surface area (Å²) >= 11 is 0. The van der Waals surface area contributed by atoms with Crippen LogP contribution in [-0.4, -0.2) is 85.7 Å². The Morgan fingerprint density at radius 2 is 1.86 bits per heavy atom. The highest BCUT2D eigenvalue weighted by atomic mass is 16.5. The molecule has 2 aliphatic heterocycles. The van der Waals surface area contributed by atoms with Crippen LogP contribution in [0.15, 0.2) is 18.2 Å². The van der Waals surface area contributed by atoms with Gasteiger partial charge in [-0.05, 0) is 49.9 Å². The molecule has 0 spiro atoms. The first-order chi connectivity index (χ1) is 13.5. The molecule has 2 saturated heterocycles. The van der Waals surface area contributed by atoms with Crippen LogP contribution in [0.5, 0.6) is 0 Å². The number of hydrogen-bond acceptors (Lipinski definition) is 4. The molecule has 1 atom stereocenters. The summed E-state index contributed by atoms with van der Waals surface area (Å²) in [5.74, 6) is 0.199. The van der Waals surface area contributed by atoms with E-state index in [0.717, 1.165) is 49.3 Å². The Kier molecular flexibility index (Phi) is 6.91. The zero-order valence-electron chi connectivity index (χ0n) is 17.2. The number of nitrogens with zero attached hydrogens (tertiary/aromatic N) is 3. The molecule has 0 saturated carbocycles. The van der Waals surface area contributed by atoms with Crippen molar-refractivity contribution in [3.63, 3.8) is 0 Å². The number of methoxy groups -OCH3 is 1. The van der Waals surface area contributed by atoms with Gasteiger partial charge in [-0.25, -0.2) is 4.79 Å². The Balaban J connectivity index is 1.54. The van der Waals surface area contributed by atoms with Crippen molar-refractivity contribution in [3.05, 3.63) is 29.3 Å². The van der Waals surface area contributed by atoms with E-state index in [2.05, 4.69) is 16.3 Å². The summed E-state index contributed by atoms with van der Waals surface area (Å²) in [4.78, 5) is 31.4. The quantitative estimate of drug-likeness (QED) is 0.839. The summed E-state index contributed by atoms with van der Waals surface area (Å²) in [6.07, 6.45) is 1.74. The van der Waals surface area contributed by atoms with E-state index in [-0.39, 0.29) is 18.0 Å². The van der Waals surface area contributed by atoms with Gasteiger partial charge in [0.2, 0.25) is 5.91 Å². The normalized spacial score (nSPS) is 21.1. The number of nitrogens with one attached hydrogen (secondary N) is 1. The van der Waals surface area contributed by atoms with Crippen molar-refractivity contribution in [1.82, 2.24) is 14.7 Å². The first-order valence-corrected chi connectivity index (χ1v) is 10.1. The summed E-state index contributed by atoms with van der Waals surface area (Å²) in [6, 6.07) is 5.95. The number of rotatable bonds is 5. The third-order valence-electron chi connectivity index (χ3n) is 5.57. The maximum Gasteiger partial charge on any atom is 0.321 e. The maximum absolute atomic E-state index is 12.7.